The standard InChI is InChI=1S/C20H21ClN6O2S2/c1-12-13(2)31-19(23-12)24-18(29)11-30-20-26-25-16(27(20)3)10-22-17(28)9-8-14-6-4-5-7-15(14)21/h4-9H,10-11H2,1-3H3,(H,22,28)(H,23,24,29)/b9-8+. The second-order valence-corrected chi connectivity index (χ2v) is 9.08. The monoisotopic (exact) mass is 476 g/mol. The molecule has 0 saturated heterocycles. The molecule has 2 amide bonds. The molecule has 31 heavy (non-hydrogen) atoms. The quantitative estimate of drug-likeness (QED) is 0.380. The first kappa shape index (κ1) is 23.0. The molecule has 0 radical (unpaired) electrons. The lowest BCUT2D eigenvalue weighted by molar-refractivity contribution is -0.116. The fourth-order valence-electron chi connectivity index (χ4n) is 2.44. The third-order valence-electron chi connectivity index (χ3n) is 4.27. The fourth-order valence-corrected chi connectivity index (χ4v) is 4.20. The maximum atomic E-state index is 12.2. The van der Waals surface area contributed by atoms with Crippen LogP contribution in [0, 0.1) is 13.8 Å². The van der Waals surface area contributed by atoms with Crippen LogP contribution in [0.4, 0.5) is 5.13 Å². The van der Waals surface area contributed by atoms with Crippen molar-refractivity contribution >= 4 is 57.7 Å². The molecule has 11 heteroatoms. The van der Waals surface area contributed by atoms with Crippen molar-refractivity contribution in [3.05, 3.63) is 57.3 Å². The van der Waals surface area contributed by atoms with Crippen LogP contribution in [0.5, 0.6) is 0 Å². The zero-order valence-corrected chi connectivity index (χ0v) is 19.6. The SMILES string of the molecule is Cc1nc(NC(=O)CSc2nnc(CNC(=O)/C=C/c3ccccc3Cl)n2C)sc1C. The number of nitrogens with one attached hydrogen (secondary N) is 2. The maximum absolute atomic E-state index is 12.2. The second-order valence-electron chi connectivity index (χ2n) is 6.53. The van der Waals surface area contributed by atoms with Crippen molar-refractivity contribution in [2.75, 3.05) is 11.1 Å². The Bertz CT molecular complexity index is 1110. The van der Waals surface area contributed by atoms with Gasteiger partial charge in [0.2, 0.25) is 11.8 Å². The lowest BCUT2D eigenvalue weighted by Gasteiger charge is -2.05. The molecule has 1 aromatic carbocycles. The first-order valence-electron chi connectivity index (χ1n) is 9.29. The van der Waals surface area contributed by atoms with Crippen LogP contribution in [-0.2, 0) is 23.2 Å². The summed E-state index contributed by atoms with van der Waals surface area (Å²) in [4.78, 5) is 29.6. The third-order valence-corrected chi connectivity index (χ3v) is 6.63. The Kier molecular flexibility index (Phi) is 7.83. The summed E-state index contributed by atoms with van der Waals surface area (Å²) in [6, 6.07) is 7.26. The second kappa shape index (κ2) is 10.6. The molecule has 2 aromatic heterocycles. The zero-order valence-electron chi connectivity index (χ0n) is 17.2. The number of anilines is 1. The van der Waals surface area contributed by atoms with Crippen LogP contribution >= 0.6 is 34.7 Å². The van der Waals surface area contributed by atoms with E-state index in [0.717, 1.165) is 16.1 Å². The molecular weight excluding hydrogens is 456 g/mol. The number of nitrogens with zero attached hydrogens (tertiary/aromatic N) is 4. The van der Waals surface area contributed by atoms with Gasteiger partial charge in [-0.1, -0.05) is 41.6 Å². The minimum Gasteiger partial charge on any atom is -0.345 e. The molecule has 3 aromatic rings. The van der Waals surface area contributed by atoms with E-state index in [1.54, 1.807) is 23.8 Å². The summed E-state index contributed by atoms with van der Waals surface area (Å²) in [5.41, 5.74) is 1.67. The average Bonchev–Trinajstić information content (AvgIpc) is 3.24. The zero-order chi connectivity index (χ0) is 22.4. The summed E-state index contributed by atoms with van der Waals surface area (Å²) >= 11 is 8.78. The molecule has 2 heterocycles. The van der Waals surface area contributed by atoms with E-state index in [-0.39, 0.29) is 24.1 Å². The van der Waals surface area contributed by atoms with Gasteiger partial charge in [0.25, 0.3) is 0 Å². The van der Waals surface area contributed by atoms with Gasteiger partial charge in [-0.15, -0.1) is 21.5 Å². The Balaban J connectivity index is 1.48. The number of rotatable bonds is 8. The Morgan fingerprint density at radius 1 is 1.26 bits per heavy atom. The number of hydrogen-bond donors (Lipinski definition) is 2. The van der Waals surface area contributed by atoms with Crippen LogP contribution in [0.2, 0.25) is 5.02 Å². The smallest absolute Gasteiger partial charge is 0.244 e. The van der Waals surface area contributed by atoms with E-state index in [1.165, 1.54) is 29.2 Å². The van der Waals surface area contributed by atoms with E-state index >= 15 is 0 Å². The van der Waals surface area contributed by atoms with Crippen molar-refractivity contribution in [1.82, 2.24) is 25.1 Å². The van der Waals surface area contributed by atoms with Gasteiger partial charge in [-0.3, -0.25) is 9.59 Å². The van der Waals surface area contributed by atoms with Crippen molar-refractivity contribution in [3.8, 4) is 0 Å². The first-order valence-corrected chi connectivity index (χ1v) is 11.5. The summed E-state index contributed by atoms with van der Waals surface area (Å²) in [5.74, 6) is 0.316. The number of benzene rings is 1. The Hall–Kier alpha value is -2.69. The number of thiazole rings is 1. The average molecular weight is 477 g/mol. The van der Waals surface area contributed by atoms with E-state index in [2.05, 4.69) is 25.8 Å². The predicted molar refractivity (Wildman–Crippen MR) is 124 cm³/mol. The van der Waals surface area contributed by atoms with E-state index in [9.17, 15) is 9.59 Å². The van der Waals surface area contributed by atoms with Crippen molar-refractivity contribution < 1.29 is 9.59 Å². The Morgan fingerprint density at radius 2 is 2.03 bits per heavy atom. The molecular formula is C20H21ClN6O2S2. The molecule has 8 nitrogen and oxygen atoms in total. The molecule has 0 aliphatic rings. The molecule has 0 aliphatic heterocycles. The van der Waals surface area contributed by atoms with Gasteiger partial charge < -0.3 is 15.2 Å². The highest BCUT2D eigenvalue weighted by Gasteiger charge is 2.13. The molecule has 0 atom stereocenters. The molecule has 162 valence electrons. The summed E-state index contributed by atoms with van der Waals surface area (Å²) in [7, 11) is 1.79. The minimum atomic E-state index is -0.273. The number of thioether (sulfide) groups is 1. The van der Waals surface area contributed by atoms with Gasteiger partial charge in [0.1, 0.15) is 0 Å². The van der Waals surface area contributed by atoms with Crippen molar-refractivity contribution in [3.63, 3.8) is 0 Å². The molecule has 2 N–H and O–H groups in total. The van der Waals surface area contributed by atoms with E-state index in [1.807, 2.05) is 32.0 Å². The van der Waals surface area contributed by atoms with Crippen LogP contribution < -0.4 is 10.6 Å². The fraction of sp³-hybridized carbons (Fsp3) is 0.250. The number of halogens is 1. The van der Waals surface area contributed by atoms with Crippen LogP contribution in [0.15, 0.2) is 35.5 Å². The van der Waals surface area contributed by atoms with E-state index in [4.69, 9.17) is 11.6 Å². The minimum absolute atomic E-state index is 0.165. The van der Waals surface area contributed by atoms with E-state index < -0.39 is 0 Å². The highest BCUT2D eigenvalue weighted by atomic mass is 35.5. The molecule has 0 spiro atoms. The van der Waals surface area contributed by atoms with Crippen LogP contribution in [0.25, 0.3) is 6.08 Å². The number of hydrogen-bond acceptors (Lipinski definition) is 7. The molecule has 3 rings (SSSR count). The van der Waals surface area contributed by atoms with E-state index in [0.29, 0.717) is 21.1 Å². The maximum Gasteiger partial charge on any atom is 0.244 e. The number of carbonyl (C=O) groups is 2. The summed E-state index contributed by atoms with van der Waals surface area (Å²) in [6.07, 6.45) is 3.07. The number of amides is 2. The van der Waals surface area contributed by atoms with Crippen LogP contribution in [-0.4, -0.2) is 37.3 Å². The van der Waals surface area contributed by atoms with Gasteiger partial charge in [-0.2, -0.15) is 0 Å². The molecule has 0 unspecified atom stereocenters. The first-order chi connectivity index (χ1) is 14.8. The van der Waals surface area contributed by atoms with Gasteiger partial charge in [0.05, 0.1) is 18.0 Å². The molecule has 0 bridgehead atoms. The Labute approximate surface area is 193 Å². The number of carbonyl (C=O) groups excluding carboxylic acids is 2. The predicted octanol–water partition coefficient (Wildman–Crippen LogP) is 3.60. The summed E-state index contributed by atoms with van der Waals surface area (Å²) in [5, 5.41) is 15.5. The van der Waals surface area contributed by atoms with Crippen LogP contribution in [0.1, 0.15) is 22.0 Å². The summed E-state index contributed by atoms with van der Waals surface area (Å²) in [6.45, 7) is 4.08. The van der Waals surface area contributed by atoms with Gasteiger partial charge in [-0.25, -0.2) is 4.98 Å². The van der Waals surface area contributed by atoms with Crippen LogP contribution in [0.3, 0.4) is 0 Å². The molecule has 0 saturated carbocycles. The highest BCUT2D eigenvalue weighted by molar-refractivity contribution is 7.99. The van der Waals surface area contributed by atoms with Crippen molar-refractivity contribution in [2.24, 2.45) is 7.05 Å². The van der Waals surface area contributed by atoms with Gasteiger partial charge in [0, 0.05) is 23.0 Å². The van der Waals surface area contributed by atoms with Gasteiger partial charge in [-0.05, 0) is 31.6 Å². The van der Waals surface area contributed by atoms with Gasteiger partial charge >= 0.3 is 0 Å². The molecule has 0 aliphatic carbocycles. The van der Waals surface area contributed by atoms with Crippen molar-refractivity contribution in [1.29, 1.82) is 0 Å². The van der Waals surface area contributed by atoms with Crippen molar-refractivity contribution in [2.45, 2.75) is 25.5 Å². The highest BCUT2D eigenvalue weighted by Crippen LogP contribution is 2.22. The normalized spacial score (nSPS) is 11.1. The summed E-state index contributed by atoms with van der Waals surface area (Å²) < 4.78 is 1.74. The lowest BCUT2D eigenvalue weighted by Crippen LogP contribution is -2.22. The number of aromatic nitrogens is 4. The molecule has 0 fully saturated rings. The topological polar surface area (TPSA) is 102 Å². The largest absolute Gasteiger partial charge is 0.345 e. The third kappa shape index (κ3) is 6.39. The lowest BCUT2D eigenvalue weighted by atomic mass is 10.2. The van der Waals surface area contributed by atoms with Gasteiger partial charge in [0.15, 0.2) is 16.1 Å². The number of aryl methyl sites for hydroxylation is 2. The Morgan fingerprint density at radius 3 is 2.74 bits per heavy atom.